The van der Waals surface area contributed by atoms with Crippen molar-refractivity contribution in [1.29, 1.82) is 0 Å². The topological polar surface area (TPSA) is 85.3 Å². The number of fused-ring (bicyclic) bond motifs is 2. The third-order valence-electron chi connectivity index (χ3n) is 5.81. The van der Waals surface area contributed by atoms with Crippen molar-refractivity contribution in [2.45, 2.75) is 19.4 Å². The van der Waals surface area contributed by atoms with Crippen molar-refractivity contribution in [2.75, 3.05) is 27.3 Å². The van der Waals surface area contributed by atoms with Gasteiger partial charge in [-0.2, -0.15) is 0 Å². The summed E-state index contributed by atoms with van der Waals surface area (Å²) >= 11 is 0. The third-order valence-corrected chi connectivity index (χ3v) is 5.81. The molecule has 0 bridgehead atoms. The van der Waals surface area contributed by atoms with Gasteiger partial charge in [0.25, 0.3) is 5.91 Å². The standard InChI is InChI=1S/C22H23N5O3/c1-13-24-17-5-4-9-23-21(17)27(13)14-8-10-26(12-14)22(28)18-11-15-16(25-18)6-7-19(29-2)20(15)30-3/h4-7,9,11,14,25H,8,10,12H2,1-3H3/t14-/m0/s1. The van der Waals surface area contributed by atoms with Crippen LogP contribution in [0.1, 0.15) is 28.8 Å². The third kappa shape index (κ3) is 2.79. The van der Waals surface area contributed by atoms with E-state index in [2.05, 4.69) is 19.5 Å². The molecule has 1 atom stereocenters. The number of carbonyl (C=O) groups excluding carboxylic acids is 1. The number of aryl methyl sites for hydroxylation is 1. The van der Waals surface area contributed by atoms with E-state index in [4.69, 9.17) is 9.47 Å². The van der Waals surface area contributed by atoms with Crippen LogP contribution >= 0.6 is 0 Å². The Bertz CT molecular complexity index is 1260. The summed E-state index contributed by atoms with van der Waals surface area (Å²) in [6, 6.07) is 9.59. The largest absolute Gasteiger partial charge is 0.493 e. The predicted octanol–water partition coefficient (Wildman–Crippen LogP) is 3.33. The Labute approximate surface area is 173 Å². The van der Waals surface area contributed by atoms with E-state index < -0.39 is 0 Å². The van der Waals surface area contributed by atoms with Crippen molar-refractivity contribution >= 4 is 28.0 Å². The Kier molecular flexibility index (Phi) is 4.34. The van der Waals surface area contributed by atoms with Gasteiger partial charge in [-0.25, -0.2) is 9.97 Å². The SMILES string of the molecule is COc1ccc2[nH]c(C(=O)N3CC[C@H](n4c(C)nc5cccnc54)C3)cc2c1OC. The van der Waals surface area contributed by atoms with Crippen molar-refractivity contribution in [2.24, 2.45) is 0 Å². The average Bonchev–Trinajstić information content (AvgIpc) is 3.47. The minimum Gasteiger partial charge on any atom is -0.493 e. The summed E-state index contributed by atoms with van der Waals surface area (Å²) in [6.07, 6.45) is 2.65. The van der Waals surface area contributed by atoms with Crippen LogP contribution in [0.15, 0.2) is 36.5 Å². The molecule has 1 N–H and O–H groups in total. The summed E-state index contributed by atoms with van der Waals surface area (Å²) < 4.78 is 13.0. The van der Waals surface area contributed by atoms with Crippen LogP contribution in [0.2, 0.25) is 0 Å². The van der Waals surface area contributed by atoms with Crippen molar-refractivity contribution in [1.82, 2.24) is 24.4 Å². The summed E-state index contributed by atoms with van der Waals surface area (Å²) in [4.78, 5) is 27.4. The molecule has 1 fully saturated rings. The molecule has 0 unspecified atom stereocenters. The maximum absolute atomic E-state index is 13.2. The molecular weight excluding hydrogens is 382 g/mol. The van der Waals surface area contributed by atoms with E-state index in [0.29, 0.717) is 30.3 Å². The number of amides is 1. The predicted molar refractivity (Wildman–Crippen MR) is 113 cm³/mol. The van der Waals surface area contributed by atoms with Crippen LogP contribution in [0.5, 0.6) is 11.5 Å². The van der Waals surface area contributed by atoms with Crippen LogP contribution < -0.4 is 9.47 Å². The Morgan fingerprint density at radius 3 is 2.90 bits per heavy atom. The van der Waals surface area contributed by atoms with Gasteiger partial charge < -0.3 is 23.9 Å². The molecule has 1 saturated heterocycles. The quantitative estimate of drug-likeness (QED) is 0.563. The van der Waals surface area contributed by atoms with E-state index in [-0.39, 0.29) is 11.9 Å². The molecule has 0 saturated carbocycles. The first-order chi connectivity index (χ1) is 14.6. The lowest BCUT2D eigenvalue weighted by molar-refractivity contribution is 0.0783. The van der Waals surface area contributed by atoms with E-state index in [1.165, 1.54) is 0 Å². The molecule has 8 heteroatoms. The fraction of sp³-hybridized carbons (Fsp3) is 0.318. The van der Waals surface area contributed by atoms with Gasteiger partial charge in [0.05, 0.1) is 25.8 Å². The lowest BCUT2D eigenvalue weighted by Gasteiger charge is -2.17. The zero-order valence-electron chi connectivity index (χ0n) is 17.2. The molecule has 8 nitrogen and oxygen atoms in total. The van der Waals surface area contributed by atoms with Gasteiger partial charge in [-0.3, -0.25) is 4.79 Å². The van der Waals surface area contributed by atoms with Crippen molar-refractivity contribution in [3.8, 4) is 11.5 Å². The average molecular weight is 405 g/mol. The van der Waals surface area contributed by atoms with Gasteiger partial charge in [0, 0.05) is 24.7 Å². The lowest BCUT2D eigenvalue weighted by Crippen LogP contribution is -2.29. The fourth-order valence-corrected chi connectivity index (χ4v) is 4.43. The molecule has 0 aliphatic carbocycles. The van der Waals surface area contributed by atoms with Crippen molar-refractivity contribution < 1.29 is 14.3 Å². The van der Waals surface area contributed by atoms with E-state index in [1.54, 1.807) is 20.4 Å². The van der Waals surface area contributed by atoms with Gasteiger partial charge in [0.2, 0.25) is 0 Å². The second kappa shape index (κ2) is 7.05. The highest BCUT2D eigenvalue weighted by molar-refractivity contribution is 6.00. The Hall–Kier alpha value is -3.55. The number of rotatable bonds is 4. The monoisotopic (exact) mass is 405 g/mol. The van der Waals surface area contributed by atoms with Crippen LogP contribution in [0.25, 0.3) is 22.1 Å². The van der Waals surface area contributed by atoms with Crippen LogP contribution in [-0.2, 0) is 0 Å². The molecule has 1 aliphatic heterocycles. The molecule has 1 amide bonds. The number of carbonyl (C=O) groups is 1. The van der Waals surface area contributed by atoms with Gasteiger partial charge in [0.15, 0.2) is 17.1 Å². The highest BCUT2D eigenvalue weighted by Gasteiger charge is 2.31. The highest BCUT2D eigenvalue weighted by Crippen LogP contribution is 2.36. The number of H-pyrrole nitrogens is 1. The lowest BCUT2D eigenvalue weighted by atomic mass is 10.2. The molecule has 3 aromatic heterocycles. The van der Waals surface area contributed by atoms with Gasteiger partial charge in [-0.1, -0.05) is 0 Å². The Balaban J connectivity index is 1.43. The van der Waals surface area contributed by atoms with Gasteiger partial charge in [-0.15, -0.1) is 0 Å². The number of benzene rings is 1. The number of nitrogens with zero attached hydrogens (tertiary/aromatic N) is 4. The molecule has 154 valence electrons. The highest BCUT2D eigenvalue weighted by atomic mass is 16.5. The number of hydrogen-bond donors (Lipinski definition) is 1. The summed E-state index contributed by atoms with van der Waals surface area (Å²) in [5, 5.41) is 0.830. The van der Waals surface area contributed by atoms with Crippen molar-refractivity contribution in [3.05, 3.63) is 48.0 Å². The number of ether oxygens (including phenoxy) is 2. The molecular formula is C22H23N5O3. The first kappa shape index (κ1) is 18.5. The first-order valence-electron chi connectivity index (χ1n) is 9.93. The number of aromatic nitrogens is 4. The minimum absolute atomic E-state index is 0.0234. The minimum atomic E-state index is -0.0234. The van der Waals surface area contributed by atoms with Gasteiger partial charge in [0.1, 0.15) is 17.0 Å². The summed E-state index contributed by atoms with van der Waals surface area (Å²) in [5.74, 6) is 2.16. The van der Waals surface area contributed by atoms with Gasteiger partial charge in [-0.05, 0) is 43.7 Å². The Morgan fingerprint density at radius 2 is 2.10 bits per heavy atom. The molecule has 5 rings (SSSR count). The summed E-state index contributed by atoms with van der Waals surface area (Å²) in [7, 11) is 3.20. The normalized spacial score (nSPS) is 16.5. The maximum atomic E-state index is 13.2. The fourth-order valence-electron chi connectivity index (χ4n) is 4.43. The smallest absolute Gasteiger partial charge is 0.270 e. The van der Waals surface area contributed by atoms with E-state index in [0.717, 1.165) is 34.3 Å². The van der Waals surface area contributed by atoms with Crippen LogP contribution in [0.3, 0.4) is 0 Å². The molecule has 4 aromatic rings. The summed E-state index contributed by atoms with van der Waals surface area (Å²) in [6.45, 7) is 3.30. The van der Waals surface area contributed by atoms with Crippen LogP contribution in [0, 0.1) is 6.92 Å². The van der Waals surface area contributed by atoms with Crippen molar-refractivity contribution in [3.63, 3.8) is 0 Å². The maximum Gasteiger partial charge on any atom is 0.270 e. The molecule has 1 aromatic carbocycles. The first-order valence-corrected chi connectivity index (χ1v) is 9.93. The second-order valence-corrected chi connectivity index (χ2v) is 7.51. The molecule has 0 spiro atoms. The Morgan fingerprint density at radius 1 is 1.23 bits per heavy atom. The van der Waals surface area contributed by atoms with E-state index >= 15 is 0 Å². The molecule has 30 heavy (non-hydrogen) atoms. The number of likely N-dealkylation sites (tertiary alicyclic amines) is 1. The number of methoxy groups -OCH3 is 2. The van der Waals surface area contributed by atoms with Crippen LogP contribution in [-0.4, -0.2) is 57.6 Å². The zero-order chi connectivity index (χ0) is 20.8. The molecule has 1 aliphatic rings. The number of hydrogen-bond acceptors (Lipinski definition) is 5. The molecule has 4 heterocycles. The summed E-state index contributed by atoms with van der Waals surface area (Å²) in [5.41, 5.74) is 3.14. The molecule has 0 radical (unpaired) electrons. The van der Waals surface area contributed by atoms with E-state index in [1.807, 2.05) is 42.2 Å². The number of nitrogens with one attached hydrogen (secondary N) is 1. The number of pyridine rings is 1. The number of aromatic amines is 1. The number of imidazole rings is 1. The van der Waals surface area contributed by atoms with Gasteiger partial charge >= 0.3 is 0 Å². The van der Waals surface area contributed by atoms with Crippen LogP contribution in [0.4, 0.5) is 0 Å². The zero-order valence-corrected chi connectivity index (χ0v) is 17.2. The van der Waals surface area contributed by atoms with E-state index in [9.17, 15) is 4.79 Å². The second-order valence-electron chi connectivity index (χ2n) is 7.51.